The molecule has 0 radical (unpaired) electrons. The second kappa shape index (κ2) is 8.79. The van der Waals surface area contributed by atoms with Crippen molar-refractivity contribution in [3.63, 3.8) is 0 Å². The average Bonchev–Trinajstić information content (AvgIpc) is 3.19. The molecule has 0 atom stereocenters. The average molecular weight is 489 g/mol. The second-order valence-corrected chi connectivity index (χ2v) is 10.4. The third kappa shape index (κ3) is 4.52. The number of hydrogen-bond donors (Lipinski definition) is 0. The van der Waals surface area contributed by atoms with Gasteiger partial charge in [0.2, 0.25) is 0 Å². The molecule has 9 heteroatoms. The Labute approximate surface area is 195 Å². The van der Waals surface area contributed by atoms with Crippen LogP contribution in [0.3, 0.4) is 0 Å². The van der Waals surface area contributed by atoms with Gasteiger partial charge in [-0.3, -0.25) is 4.40 Å². The number of hydrogen-bond acceptors (Lipinski definition) is 4. The zero-order valence-electron chi connectivity index (χ0n) is 18.8. The topological polar surface area (TPSA) is 60.7 Å². The summed E-state index contributed by atoms with van der Waals surface area (Å²) in [5.41, 5.74) is 0.751. The van der Waals surface area contributed by atoms with E-state index >= 15 is 0 Å². The first-order valence-electron chi connectivity index (χ1n) is 10.7. The SMILES string of the molecule is CCS(=O)(=O)c1cccc(Oc2cccc(-c3c(C(C)C)nc4c(C(F)(F)F)cccn34)c2)c1. The molecule has 0 spiro atoms. The van der Waals surface area contributed by atoms with Crippen molar-refractivity contribution in [1.29, 1.82) is 0 Å². The highest BCUT2D eigenvalue weighted by Crippen LogP contribution is 2.38. The van der Waals surface area contributed by atoms with Crippen molar-refractivity contribution in [2.24, 2.45) is 0 Å². The Kier molecular flexibility index (Phi) is 6.16. The maximum absolute atomic E-state index is 13.6. The molecule has 0 amide bonds. The van der Waals surface area contributed by atoms with E-state index < -0.39 is 21.6 Å². The predicted molar refractivity (Wildman–Crippen MR) is 124 cm³/mol. The summed E-state index contributed by atoms with van der Waals surface area (Å²) >= 11 is 0. The molecule has 4 aromatic rings. The van der Waals surface area contributed by atoms with Crippen molar-refractivity contribution in [3.8, 4) is 22.8 Å². The monoisotopic (exact) mass is 488 g/mol. The number of nitrogens with zero attached hydrogens (tertiary/aromatic N) is 2. The molecule has 0 saturated carbocycles. The number of alkyl halides is 3. The number of pyridine rings is 1. The van der Waals surface area contributed by atoms with E-state index in [2.05, 4.69) is 4.98 Å². The third-order valence-corrected chi connectivity index (χ3v) is 7.15. The Bertz CT molecular complexity index is 1460. The van der Waals surface area contributed by atoms with Crippen LogP contribution >= 0.6 is 0 Å². The summed E-state index contributed by atoms with van der Waals surface area (Å²) in [6, 6.07) is 15.5. The summed E-state index contributed by atoms with van der Waals surface area (Å²) in [6.45, 7) is 5.32. The van der Waals surface area contributed by atoms with Gasteiger partial charge in [0.1, 0.15) is 17.1 Å². The number of ether oxygens (including phenoxy) is 1. The van der Waals surface area contributed by atoms with Crippen molar-refractivity contribution in [2.45, 2.75) is 37.8 Å². The van der Waals surface area contributed by atoms with Crippen molar-refractivity contribution in [1.82, 2.24) is 9.38 Å². The van der Waals surface area contributed by atoms with Crippen LogP contribution in [-0.4, -0.2) is 23.6 Å². The predicted octanol–water partition coefficient (Wildman–Crippen LogP) is 6.73. The maximum atomic E-state index is 13.6. The number of halogens is 3. The molecule has 2 aromatic carbocycles. The minimum atomic E-state index is -4.53. The molecule has 0 aliphatic carbocycles. The molecule has 0 aliphatic heterocycles. The van der Waals surface area contributed by atoms with Gasteiger partial charge in [-0.25, -0.2) is 13.4 Å². The van der Waals surface area contributed by atoms with E-state index in [0.29, 0.717) is 28.5 Å². The van der Waals surface area contributed by atoms with Crippen molar-refractivity contribution in [2.75, 3.05) is 5.75 Å². The first-order chi connectivity index (χ1) is 16.0. The second-order valence-electron chi connectivity index (χ2n) is 8.12. The molecule has 0 N–H and O–H groups in total. The number of rotatable bonds is 6. The number of fused-ring (bicyclic) bond motifs is 1. The summed E-state index contributed by atoms with van der Waals surface area (Å²) in [4.78, 5) is 4.51. The lowest BCUT2D eigenvalue weighted by Gasteiger charge is -2.12. The molecule has 178 valence electrons. The van der Waals surface area contributed by atoms with Gasteiger partial charge in [0.25, 0.3) is 0 Å². The van der Waals surface area contributed by atoms with Crippen LogP contribution in [0.25, 0.3) is 16.9 Å². The highest BCUT2D eigenvalue weighted by atomic mass is 32.2. The van der Waals surface area contributed by atoms with Crippen LogP contribution in [0.2, 0.25) is 0 Å². The van der Waals surface area contributed by atoms with Crippen LogP contribution in [0.5, 0.6) is 11.5 Å². The van der Waals surface area contributed by atoms with Crippen LogP contribution in [0.1, 0.15) is 37.9 Å². The smallest absolute Gasteiger partial charge is 0.419 e. The molecular formula is C25H23F3N2O3S. The molecule has 0 aliphatic rings. The van der Waals surface area contributed by atoms with Crippen LogP contribution in [0.15, 0.2) is 71.8 Å². The van der Waals surface area contributed by atoms with Crippen LogP contribution < -0.4 is 4.74 Å². The largest absolute Gasteiger partial charge is 0.457 e. The van der Waals surface area contributed by atoms with E-state index in [-0.39, 0.29) is 22.2 Å². The van der Waals surface area contributed by atoms with Crippen molar-refractivity contribution in [3.05, 3.63) is 78.1 Å². The molecule has 0 saturated heterocycles. The third-order valence-electron chi connectivity index (χ3n) is 5.42. The maximum Gasteiger partial charge on any atom is 0.419 e. The molecule has 34 heavy (non-hydrogen) atoms. The van der Waals surface area contributed by atoms with Crippen LogP contribution in [0, 0.1) is 0 Å². The molecule has 0 fully saturated rings. The van der Waals surface area contributed by atoms with Gasteiger partial charge in [-0.05, 0) is 48.4 Å². The molecule has 4 rings (SSSR count). The van der Waals surface area contributed by atoms with E-state index in [9.17, 15) is 21.6 Å². The highest BCUT2D eigenvalue weighted by Gasteiger charge is 2.35. The molecular weight excluding hydrogens is 465 g/mol. The lowest BCUT2D eigenvalue weighted by Crippen LogP contribution is -2.07. The van der Waals surface area contributed by atoms with Gasteiger partial charge in [-0.1, -0.05) is 39.0 Å². The fraction of sp³-hybridized carbons (Fsp3) is 0.240. The summed E-state index contributed by atoms with van der Waals surface area (Å²) in [6.07, 6.45) is -2.97. The van der Waals surface area contributed by atoms with Gasteiger partial charge in [0.15, 0.2) is 9.84 Å². The van der Waals surface area contributed by atoms with Crippen molar-refractivity contribution >= 4 is 15.5 Å². The zero-order valence-corrected chi connectivity index (χ0v) is 19.6. The normalized spacial score (nSPS) is 12.4. The Balaban J connectivity index is 1.80. The summed E-state index contributed by atoms with van der Waals surface area (Å²) < 4.78 is 72.5. The summed E-state index contributed by atoms with van der Waals surface area (Å²) in [5.74, 6) is 0.600. The minimum Gasteiger partial charge on any atom is -0.457 e. The zero-order chi connectivity index (χ0) is 24.7. The van der Waals surface area contributed by atoms with Gasteiger partial charge >= 0.3 is 6.18 Å². The number of sulfone groups is 1. The molecule has 2 heterocycles. The fourth-order valence-electron chi connectivity index (χ4n) is 3.74. The Morgan fingerprint density at radius 2 is 1.68 bits per heavy atom. The van der Waals surface area contributed by atoms with Crippen LogP contribution in [-0.2, 0) is 16.0 Å². The lowest BCUT2D eigenvalue weighted by molar-refractivity contribution is -0.136. The van der Waals surface area contributed by atoms with E-state index in [4.69, 9.17) is 4.74 Å². The van der Waals surface area contributed by atoms with Gasteiger partial charge in [-0.2, -0.15) is 13.2 Å². The molecule has 2 aromatic heterocycles. The van der Waals surface area contributed by atoms with E-state index in [0.717, 1.165) is 6.07 Å². The molecule has 0 unspecified atom stereocenters. The number of benzene rings is 2. The first kappa shape index (κ1) is 23.8. The van der Waals surface area contributed by atoms with Gasteiger partial charge < -0.3 is 4.74 Å². The Morgan fingerprint density at radius 1 is 1.00 bits per heavy atom. The van der Waals surface area contributed by atoms with Crippen molar-refractivity contribution < 1.29 is 26.3 Å². The molecule has 5 nitrogen and oxygen atoms in total. The van der Waals surface area contributed by atoms with Crippen LogP contribution in [0.4, 0.5) is 13.2 Å². The van der Waals surface area contributed by atoms with E-state index in [1.54, 1.807) is 49.5 Å². The standard InChI is InChI=1S/C25H23F3N2O3S/c1-4-34(31,32)20-11-6-10-19(15-20)33-18-9-5-8-17(14-18)23-22(16(2)3)29-24-21(25(26,27)28)12-7-13-30(23)24/h5-16H,4H2,1-3H3. The van der Waals surface area contributed by atoms with Gasteiger partial charge in [0.05, 0.1) is 27.6 Å². The Hall–Kier alpha value is -3.33. The summed E-state index contributed by atoms with van der Waals surface area (Å²) in [5, 5.41) is 0. The fourth-order valence-corrected chi connectivity index (χ4v) is 4.65. The number of aromatic nitrogens is 2. The van der Waals surface area contributed by atoms with Gasteiger partial charge in [0, 0.05) is 11.8 Å². The minimum absolute atomic E-state index is 0.0296. The first-order valence-corrected chi connectivity index (χ1v) is 12.4. The molecule has 0 bridgehead atoms. The summed E-state index contributed by atoms with van der Waals surface area (Å²) in [7, 11) is -3.40. The van der Waals surface area contributed by atoms with E-state index in [1.165, 1.54) is 22.6 Å². The number of imidazole rings is 1. The Morgan fingerprint density at radius 3 is 2.32 bits per heavy atom. The van der Waals surface area contributed by atoms with E-state index in [1.807, 2.05) is 13.8 Å². The quantitative estimate of drug-likeness (QED) is 0.302. The lowest BCUT2D eigenvalue weighted by atomic mass is 10.0. The highest BCUT2D eigenvalue weighted by molar-refractivity contribution is 7.91. The van der Waals surface area contributed by atoms with Gasteiger partial charge in [-0.15, -0.1) is 0 Å².